The quantitative estimate of drug-likeness (QED) is 0.0916. The number of ether oxygens (including phenoxy) is 2. The molecule has 3 aliphatic rings. The topological polar surface area (TPSA) is 179 Å². The highest BCUT2D eigenvalue weighted by Crippen LogP contribution is 2.42. The van der Waals surface area contributed by atoms with Crippen LogP contribution in [0.1, 0.15) is 70.7 Å². The van der Waals surface area contributed by atoms with E-state index in [2.05, 4.69) is 72.7 Å². The molecule has 7 rings (SSSR count). The van der Waals surface area contributed by atoms with Crippen LogP contribution in [0.3, 0.4) is 0 Å². The first kappa shape index (κ1) is 53.3. The number of nitrogens with one attached hydrogen (secondary N) is 2. The van der Waals surface area contributed by atoms with Crippen molar-refractivity contribution in [3.05, 3.63) is 84.2 Å². The number of likely N-dealkylation sites (tertiary alicyclic amines) is 1. The first-order valence-corrected chi connectivity index (χ1v) is 25.1. The number of phenols is 1. The van der Waals surface area contributed by atoms with Crippen molar-refractivity contribution in [3.63, 3.8) is 0 Å². The van der Waals surface area contributed by atoms with Gasteiger partial charge in [0, 0.05) is 75.0 Å². The molecule has 4 amide bonds. The number of amides is 4. The molecule has 16 heteroatoms. The van der Waals surface area contributed by atoms with Gasteiger partial charge in [-0.3, -0.25) is 38.9 Å². The molecule has 0 saturated carbocycles. The van der Waals surface area contributed by atoms with Crippen molar-refractivity contribution in [1.29, 1.82) is 0 Å². The number of fused-ring (bicyclic) bond motifs is 6. The second kappa shape index (κ2) is 22.5. The zero-order chi connectivity index (χ0) is 52.1. The van der Waals surface area contributed by atoms with E-state index in [0.29, 0.717) is 57.5 Å². The van der Waals surface area contributed by atoms with Gasteiger partial charge in [0.15, 0.2) is 0 Å². The fourth-order valence-corrected chi connectivity index (χ4v) is 10.5. The molecule has 0 spiro atoms. The molecule has 2 saturated heterocycles. The van der Waals surface area contributed by atoms with E-state index in [1.54, 1.807) is 37.4 Å². The number of hydrazine groups is 1. The van der Waals surface area contributed by atoms with E-state index < -0.39 is 46.6 Å². The van der Waals surface area contributed by atoms with Crippen molar-refractivity contribution in [2.45, 2.75) is 92.0 Å². The number of esters is 1. The molecule has 3 N–H and O–H groups in total. The lowest BCUT2D eigenvalue weighted by molar-refractivity contribution is -0.157. The summed E-state index contributed by atoms with van der Waals surface area (Å²) >= 11 is 0. The number of methoxy groups -OCH3 is 1. The van der Waals surface area contributed by atoms with Gasteiger partial charge in [0.05, 0.1) is 42.5 Å². The first-order valence-electron chi connectivity index (χ1n) is 25.1. The van der Waals surface area contributed by atoms with Gasteiger partial charge in [0.25, 0.3) is 5.91 Å². The van der Waals surface area contributed by atoms with E-state index >= 15 is 4.79 Å². The Labute approximate surface area is 424 Å². The largest absolute Gasteiger partial charge is 0.508 e. The van der Waals surface area contributed by atoms with Gasteiger partial charge in [0.2, 0.25) is 17.7 Å². The summed E-state index contributed by atoms with van der Waals surface area (Å²) in [5, 5.41) is 16.9. The highest BCUT2D eigenvalue weighted by Gasteiger charge is 2.44. The van der Waals surface area contributed by atoms with Crippen LogP contribution in [-0.4, -0.2) is 144 Å². The predicted molar refractivity (Wildman–Crippen MR) is 277 cm³/mol. The molecular formula is C56H72N8O8. The second-order valence-electron chi connectivity index (χ2n) is 21.0. The van der Waals surface area contributed by atoms with Crippen LogP contribution in [-0.2, 0) is 59.4 Å². The SMILES string of the molecule is C=C[C@]1(CNC(=O)[C@H](C(C)C)N(C)C(=O)[C@H]2CCN(C(=O)C#CCN(C)C)C2)Cc2cc(O)cc(c2)-c2ccc3c(c2)c(c(-c2cccnc2COC)n3CC)CC(C)(C)COC(=O)[C@@H]2CCCN(N2)C1=O. The molecule has 4 aromatic rings. The van der Waals surface area contributed by atoms with Gasteiger partial charge in [-0.25, -0.2) is 5.43 Å². The zero-order valence-electron chi connectivity index (χ0n) is 43.5. The lowest BCUT2D eigenvalue weighted by Crippen LogP contribution is -2.61. The molecule has 0 radical (unpaired) electrons. The fraction of sp³-hybridized carbons (Fsp3) is 0.500. The third-order valence-electron chi connectivity index (χ3n) is 14.2. The highest BCUT2D eigenvalue weighted by atomic mass is 16.5. The molecule has 3 aliphatic heterocycles. The number of rotatable bonds is 12. The summed E-state index contributed by atoms with van der Waals surface area (Å²) in [6, 6.07) is 13.8. The summed E-state index contributed by atoms with van der Waals surface area (Å²) in [7, 11) is 6.98. The monoisotopic (exact) mass is 985 g/mol. The molecule has 0 aliphatic carbocycles. The number of carbonyl (C=O) groups is 5. The van der Waals surface area contributed by atoms with Crippen molar-refractivity contribution in [2.75, 3.05) is 67.6 Å². The number of cyclic esters (lactones) is 1. The Balaban J connectivity index is 1.26. The van der Waals surface area contributed by atoms with Crippen LogP contribution in [0, 0.1) is 34.5 Å². The molecule has 6 bridgehead atoms. The molecular weight excluding hydrogens is 913 g/mol. The van der Waals surface area contributed by atoms with Crippen LogP contribution in [0.5, 0.6) is 5.75 Å². The molecule has 384 valence electrons. The Morgan fingerprint density at radius 2 is 1.85 bits per heavy atom. The minimum absolute atomic E-state index is 0.00843. The third-order valence-corrected chi connectivity index (χ3v) is 14.2. The number of phenolic OH excluding ortho intramolecular Hbond substituents is 1. The Hall–Kier alpha value is -6.54. The number of likely N-dealkylation sites (N-methyl/N-ethyl adjacent to an activating group) is 1. The minimum Gasteiger partial charge on any atom is -0.508 e. The summed E-state index contributed by atoms with van der Waals surface area (Å²) < 4.78 is 14.0. The molecule has 2 aromatic carbocycles. The molecule has 5 heterocycles. The Kier molecular flexibility index (Phi) is 16.6. The number of pyridine rings is 1. The van der Waals surface area contributed by atoms with Crippen LogP contribution >= 0.6 is 0 Å². The number of hydrogen-bond acceptors (Lipinski definition) is 11. The van der Waals surface area contributed by atoms with Crippen molar-refractivity contribution in [3.8, 4) is 40.0 Å². The average Bonchev–Trinajstić information content (AvgIpc) is 3.97. The smallest absolute Gasteiger partial charge is 0.324 e. The number of carbonyl (C=O) groups excluding carboxylic acids is 5. The van der Waals surface area contributed by atoms with Crippen molar-refractivity contribution >= 4 is 40.5 Å². The van der Waals surface area contributed by atoms with Gasteiger partial charge in [0.1, 0.15) is 17.8 Å². The standard InChI is InChI=1S/C56H72N8O8/c1-11-56(34-58-51(67)49(36(3)4)61(9)52(68)39-21-25-62(32-39)48(66)18-15-23-60(7)8)30-37-26-40(28-41(65)27-37)38-19-20-47-43(29-38)44(50(63(47)12-2)42-16-13-22-57-46(42)33-71-10)31-55(5,6)35-72-53(69)45-17-14-24-64(59-45)54(56)70/h11,13,16,19-20,22,26-29,36,39,45,49,59,65H,1,12,14,17,21,23-25,30-35H2,2-10H3,(H,58,67)/t39-,45-,49-,56+/m0/s1. The predicted octanol–water partition coefficient (Wildman–Crippen LogP) is 5.59. The maximum atomic E-state index is 15.2. The fourth-order valence-electron chi connectivity index (χ4n) is 10.5. The molecule has 16 nitrogen and oxygen atoms in total. The normalized spacial score (nSPS) is 20.7. The number of aromatic hydroxyl groups is 1. The summed E-state index contributed by atoms with van der Waals surface area (Å²) in [5.41, 5.74) is 8.09. The lowest BCUT2D eigenvalue weighted by Gasteiger charge is -2.40. The van der Waals surface area contributed by atoms with Crippen LogP contribution in [0.2, 0.25) is 0 Å². The minimum atomic E-state index is -1.51. The van der Waals surface area contributed by atoms with Gasteiger partial charge in [-0.1, -0.05) is 51.8 Å². The molecule has 4 atom stereocenters. The van der Waals surface area contributed by atoms with E-state index in [0.717, 1.165) is 44.5 Å². The lowest BCUT2D eigenvalue weighted by atomic mass is 9.79. The zero-order valence-corrected chi connectivity index (χ0v) is 43.5. The van der Waals surface area contributed by atoms with Gasteiger partial charge < -0.3 is 34.3 Å². The third kappa shape index (κ3) is 11.5. The first-order chi connectivity index (χ1) is 34.3. The number of aryl methyl sites for hydroxylation is 1. The Bertz CT molecular complexity index is 2770. The maximum absolute atomic E-state index is 15.2. The van der Waals surface area contributed by atoms with Crippen molar-refractivity contribution in [1.82, 2.24) is 40.0 Å². The summed E-state index contributed by atoms with van der Waals surface area (Å²) in [6.07, 6.45) is 5.22. The van der Waals surface area contributed by atoms with Crippen LogP contribution in [0.25, 0.3) is 33.3 Å². The Morgan fingerprint density at radius 1 is 1.07 bits per heavy atom. The van der Waals surface area contributed by atoms with Crippen LogP contribution in [0.4, 0.5) is 0 Å². The average molecular weight is 985 g/mol. The van der Waals surface area contributed by atoms with E-state index in [-0.39, 0.29) is 56.1 Å². The molecule has 2 aromatic heterocycles. The van der Waals surface area contributed by atoms with Crippen LogP contribution < -0.4 is 10.7 Å². The Morgan fingerprint density at radius 3 is 2.56 bits per heavy atom. The number of nitrogens with zero attached hydrogens (tertiary/aromatic N) is 6. The number of benzene rings is 2. The molecule has 2 fully saturated rings. The number of hydrogen-bond donors (Lipinski definition) is 3. The van der Waals surface area contributed by atoms with E-state index in [9.17, 15) is 24.3 Å². The van der Waals surface area contributed by atoms with Gasteiger partial charge >= 0.3 is 5.97 Å². The second-order valence-corrected chi connectivity index (χ2v) is 21.0. The molecule has 0 unspecified atom stereocenters. The van der Waals surface area contributed by atoms with E-state index in [1.165, 1.54) is 16.0 Å². The summed E-state index contributed by atoms with van der Waals surface area (Å²) in [5.74, 6) is 2.69. The summed E-state index contributed by atoms with van der Waals surface area (Å²) in [4.78, 5) is 80.3. The van der Waals surface area contributed by atoms with Gasteiger partial charge in [-0.15, -0.1) is 6.58 Å². The molecule has 72 heavy (non-hydrogen) atoms. The number of aromatic nitrogens is 2. The highest BCUT2D eigenvalue weighted by molar-refractivity contribution is 5.96. The van der Waals surface area contributed by atoms with Gasteiger partial charge in [-0.05, 0) is 124 Å². The van der Waals surface area contributed by atoms with Crippen LogP contribution in [0.15, 0.2) is 67.4 Å². The van der Waals surface area contributed by atoms with Crippen molar-refractivity contribution in [2.24, 2.45) is 22.7 Å². The summed E-state index contributed by atoms with van der Waals surface area (Å²) in [6.45, 7) is 16.3. The van der Waals surface area contributed by atoms with Crippen molar-refractivity contribution < 1.29 is 38.6 Å². The maximum Gasteiger partial charge on any atom is 0.324 e. The van der Waals surface area contributed by atoms with E-state index in [4.69, 9.17) is 14.5 Å². The van der Waals surface area contributed by atoms with Gasteiger partial charge in [-0.2, -0.15) is 0 Å². The van der Waals surface area contributed by atoms with E-state index in [1.807, 2.05) is 51.0 Å².